The second-order valence-electron chi connectivity index (χ2n) is 5.94. The van der Waals surface area contributed by atoms with Crippen molar-refractivity contribution in [2.75, 3.05) is 12.4 Å². The number of carbonyl (C=O) groups is 1. The molecule has 4 heteroatoms. The molecule has 1 aromatic rings. The lowest BCUT2D eigenvalue weighted by Crippen LogP contribution is -2.38. The number of benzene rings is 1. The molecule has 0 radical (unpaired) electrons. The molecule has 1 N–H and O–H groups in total. The Balaban J connectivity index is 2.96. The van der Waals surface area contributed by atoms with Crippen molar-refractivity contribution in [3.8, 4) is 5.75 Å². The smallest absolute Gasteiger partial charge is 0.256 e. The van der Waals surface area contributed by atoms with Crippen LogP contribution in [0.2, 0.25) is 0 Å². The Kier molecular flexibility index (Phi) is 5.78. The van der Waals surface area contributed by atoms with Crippen LogP contribution in [0.1, 0.15) is 45.2 Å². The van der Waals surface area contributed by atoms with Crippen LogP contribution in [0.5, 0.6) is 5.75 Å². The molecule has 1 atom stereocenters. The molecule has 0 aromatic heterocycles. The number of rotatable bonds is 6. The Morgan fingerprint density at radius 2 is 1.81 bits per heavy atom. The summed E-state index contributed by atoms with van der Waals surface area (Å²) in [6, 6.07) is 3.85. The zero-order chi connectivity index (χ0) is 16.2. The van der Waals surface area contributed by atoms with E-state index in [1.807, 2.05) is 26.0 Å². The summed E-state index contributed by atoms with van der Waals surface area (Å²) in [4.78, 5) is 12.1. The average Bonchev–Trinajstić information content (AvgIpc) is 2.42. The summed E-state index contributed by atoms with van der Waals surface area (Å²) in [5, 5.41) is 2.89. The van der Waals surface area contributed by atoms with Crippen molar-refractivity contribution >= 4 is 11.6 Å². The van der Waals surface area contributed by atoms with Crippen molar-refractivity contribution in [2.24, 2.45) is 0 Å². The Morgan fingerprint density at radius 1 is 1.29 bits per heavy atom. The largest absolute Gasteiger partial charge is 0.490 e. The number of methoxy groups -OCH3 is 1. The number of amides is 1. The fraction of sp³-hybridized carbons (Fsp3) is 0.588. The molecule has 0 spiro atoms. The van der Waals surface area contributed by atoms with Gasteiger partial charge in [0.05, 0.1) is 6.10 Å². The van der Waals surface area contributed by atoms with Gasteiger partial charge in [-0.05, 0) is 64.3 Å². The molecule has 1 amide bonds. The number of hydrogen-bond acceptors (Lipinski definition) is 3. The lowest BCUT2D eigenvalue weighted by atomic mass is 10.1. The van der Waals surface area contributed by atoms with E-state index in [0.29, 0.717) is 0 Å². The molecule has 0 bridgehead atoms. The van der Waals surface area contributed by atoms with E-state index < -0.39 is 5.60 Å². The molecule has 0 fully saturated rings. The summed E-state index contributed by atoms with van der Waals surface area (Å²) in [6.07, 6.45) is 1.13. The molecule has 118 valence electrons. The van der Waals surface area contributed by atoms with Crippen molar-refractivity contribution in [3.63, 3.8) is 0 Å². The average molecular weight is 293 g/mol. The third kappa shape index (κ3) is 4.46. The Bertz CT molecular complexity index is 486. The minimum Gasteiger partial charge on any atom is -0.490 e. The first kappa shape index (κ1) is 17.5. The van der Waals surface area contributed by atoms with E-state index in [-0.39, 0.29) is 12.0 Å². The molecular weight excluding hydrogens is 266 g/mol. The zero-order valence-electron chi connectivity index (χ0n) is 14.2. The monoisotopic (exact) mass is 293 g/mol. The predicted molar refractivity (Wildman–Crippen MR) is 86.0 cm³/mol. The quantitative estimate of drug-likeness (QED) is 0.866. The molecule has 21 heavy (non-hydrogen) atoms. The molecule has 0 saturated heterocycles. The van der Waals surface area contributed by atoms with E-state index in [4.69, 9.17) is 9.47 Å². The van der Waals surface area contributed by atoms with Crippen molar-refractivity contribution in [1.82, 2.24) is 0 Å². The second kappa shape index (κ2) is 6.94. The summed E-state index contributed by atoms with van der Waals surface area (Å²) < 4.78 is 11.1. The molecule has 0 unspecified atom stereocenters. The van der Waals surface area contributed by atoms with Crippen LogP contribution in [-0.2, 0) is 9.53 Å². The van der Waals surface area contributed by atoms with Gasteiger partial charge in [0.15, 0.2) is 0 Å². The minimum atomic E-state index is -0.853. The van der Waals surface area contributed by atoms with Crippen molar-refractivity contribution in [2.45, 2.75) is 59.7 Å². The Morgan fingerprint density at radius 3 is 2.24 bits per heavy atom. The summed E-state index contributed by atoms with van der Waals surface area (Å²) >= 11 is 0. The van der Waals surface area contributed by atoms with E-state index in [0.717, 1.165) is 29.0 Å². The molecule has 0 saturated carbocycles. The number of hydrogen-bond donors (Lipinski definition) is 1. The molecule has 0 heterocycles. The predicted octanol–water partition coefficient (Wildman–Crippen LogP) is 3.84. The first-order chi connectivity index (χ1) is 9.71. The van der Waals surface area contributed by atoms with Crippen molar-refractivity contribution in [3.05, 3.63) is 23.3 Å². The molecule has 0 aliphatic rings. The maximum atomic E-state index is 12.1. The maximum absolute atomic E-state index is 12.1. The van der Waals surface area contributed by atoms with Gasteiger partial charge < -0.3 is 14.8 Å². The van der Waals surface area contributed by atoms with Crippen LogP contribution in [0.3, 0.4) is 0 Å². The SMILES string of the molecule is CC[C@@H](C)Oc1c(C)cc(NC(=O)C(C)(C)OC)cc1C. The fourth-order valence-corrected chi connectivity index (χ4v) is 1.87. The Labute approximate surface area is 127 Å². The maximum Gasteiger partial charge on any atom is 0.256 e. The van der Waals surface area contributed by atoms with Gasteiger partial charge in [-0.3, -0.25) is 4.79 Å². The standard InChI is InChI=1S/C17H27NO3/c1-8-13(4)21-15-11(2)9-14(10-12(15)3)18-16(19)17(5,6)20-7/h9-10,13H,8H2,1-7H3,(H,18,19)/t13-/m1/s1. The summed E-state index contributed by atoms with van der Waals surface area (Å²) in [6.45, 7) is 11.6. The second-order valence-corrected chi connectivity index (χ2v) is 5.94. The number of ether oxygens (including phenoxy) is 2. The van der Waals surface area contributed by atoms with Gasteiger partial charge in [0.25, 0.3) is 5.91 Å². The molecular formula is C17H27NO3. The first-order valence-corrected chi connectivity index (χ1v) is 7.35. The highest BCUT2D eigenvalue weighted by molar-refractivity contribution is 5.97. The van der Waals surface area contributed by atoms with Crippen LogP contribution in [0.4, 0.5) is 5.69 Å². The highest BCUT2D eigenvalue weighted by Crippen LogP contribution is 2.29. The van der Waals surface area contributed by atoms with Gasteiger partial charge in [0.2, 0.25) is 0 Å². The van der Waals surface area contributed by atoms with Gasteiger partial charge in [-0.25, -0.2) is 0 Å². The van der Waals surface area contributed by atoms with E-state index in [9.17, 15) is 4.79 Å². The van der Waals surface area contributed by atoms with E-state index in [1.54, 1.807) is 13.8 Å². The molecule has 4 nitrogen and oxygen atoms in total. The third-order valence-electron chi connectivity index (χ3n) is 3.67. The molecule has 1 rings (SSSR count). The molecule has 0 aliphatic carbocycles. The Hall–Kier alpha value is -1.55. The first-order valence-electron chi connectivity index (χ1n) is 7.35. The van der Waals surface area contributed by atoms with Gasteiger partial charge in [-0.2, -0.15) is 0 Å². The van der Waals surface area contributed by atoms with E-state index >= 15 is 0 Å². The van der Waals surface area contributed by atoms with Crippen LogP contribution < -0.4 is 10.1 Å². The number of anilines is 1. The third-order valence-corrected chi connectivity index (χ3v) is 3.67. The van der Waals surface area contributed by atoms with Crippen LogP contribution >= 0.6 is 0 Å². The van der Waals surface area contributed by atoms with Crippen LogP contribution in [0.25, 0.3) is 0 Å². The number of nitrogens with one attached hydrogen (secondary N) is 1. The van der Waals surface area contributed by atoms with E-state index in [1.165, 1.54) is 7.11 Å². The summed E-state index contributed by atoms with van der Waals surface area (Å²) in [5.74, 6) is 0.729. The zero-order valence-corrected chi connectivity index (χ0v) is 14.2. The van der Waals surface area contributed by atoms with Gasteiger partial charge in [-0.15, -0.1) is 0 Å². The van der Waals surface area contributed by atoms with Gasteiger partial charge in [0.1, 0.15) is 11.4 Å². The number of aryl methyl sites for hydroxylation is 2. The van der Waals surface area contributed by atoms with Crippen molar-refractivity contribution < 1.29 is 14.3 Å². The summed E-state index contributed by atoms with van der Waals surface area (Å²) in [7, 11) is 1.53. The molecule has 0 aliphatic heterocycles. The lowest BCUT2D eigenvalue weighted by Gasteiger charge is -2.23. The van der Waals surface area contributed by atoms with Crippen LogP contribution in [0, 0.1) is 13.8 Å². The lowest BCUT2D eigenvalue weighted by molar-refractivity contribution is -0.133. The fourth-order valence-electron chi connectivity index (χ4n) is 1.87. The van der Waals surface area contributed by atoms with Gasteiger partial charge >= 0.3 is 0 Å². The normalized spacial score (nSPS) is 12.9. The molecule has 1 aromatic carbocycles. The van der Waals surface area contributed by atoms with Gasteiger partial charge in [-0.1, -0.05) is 6.92 Å². The van der Waals surface area contributed by atoms with Crippen LogP contribution in [-0.4, -0.2) is 24.7 Å². The highest BCUT2D eigenvalue weighted by Gasteiger charge is 2.27. The van der Waals surface area contributed by atoms with Crippen molar-refractivity contribution in [1.29, 1.82) is 0 Å². The number of carbonyl (C=O) groups excluding carboxylic acids is 1. The highest BCUT2D eigenvalue weighted by atomic mass is 16.5. The van der Waals surface area contributed by atoms with Crippen LogP contribution in [0.15, 0.2) is 12.1 Å². The van der Waals surface area contributed by atoms with Gasteiger partial charge in [0, 0.05) is 12.8 Å². The van der Waals surface area contributed by atoms with E-state index in [2.05, 4.69) is 19.2 Å². The minimum absolute atomic E-state index is 0.167. The summed E-state index contributed by atoms with van der Waals surface area (Å²) in [5.41, 5.74) is 1.94. The topological polar surface area (TPSA) is 47.6 Å².